The van der Waals surface area contributed by atoms with Crippen LogP contribution in [-0.4, -0.2) is 48.9 Å². The van der Waals surface area contributed by atoms with E-state index in [1.165, 1.54) is 4.90 Å². The number of hydrogen-bond acceptors (Lipinski definition) is 2. The number of alkyl halides is 3. The number of halogens is 4. The molecule has 0 aliphatic carbocycles. The molecule has 0 amide bonds. The Kier molecular flexibility index (Phi) is 8.09. The molecule has 0 aliphatic rings. The molecule has 2 nitrogen and oxygen atoms in total. The van der Waals surface area contributed by atoms with Crippen LogP contribution in [0.2, 0.25) is 0 Å². The Morgan fingerprint density at radius 1 is 1.24 bits per heavy atom. The first kappa shape index (κ1) is 22.1. The lowest BCUT2D eigenvalue weighted by atomic mass is 10.1. The Bertz CT molecular complexity index is 606. The van der Waals surface area contributed by atoms with Crippen LogP contribution in [0.3, 0.4) is 0 Å². The van der Waals surface area contributed by atoms with Gasteiger partial charge in [-0.1, -0.05) is 34.6 Å². The van der Waals surface area contributed by atoms with Gasteiger partial charge in [0.25, 0.3) is 0 Å². The minimum absolute atomic E-state index is 0.0256. The lowest BCUT2D eigenvalue weighted by molar-refractivity contribution is -0.0925. The van der Waals surface area contributed by atoms with Crippen LogP contribution in [0, 0.1) is 0 Å². The summed E-state index contributed by atoms with van der Waals surface area (Å²) in [5, 5.41) is 0. The summed E-state index contributed by atoms with van der Waals surface area (Å²) in [7, 11) is -0.712. The molecule has 0 bridgehead atoms. The summed E-state index contributed by atoms with van der Waals surface area (Å²) in [6.45, 7) is 5.51. The Hall–Kier alpha value is -0.920. The van der Waals surface area contributed by atoms with E-state index < -0.39 is 21.8 Å². The van der Waals surface area contributed by atoms with Gasteiger partial charge in [0, 0.05) is 27.7 Å². The third-order valence-electron chi connectivity index (χ3n) is 3.39. The fourth-order valence-corrected chi connectivity index (χ4v) is 2.66. The van der Waals surface area contributed by atoms with Crippen molar-refractivity contribution in [3.63, 3.8) is 0 Å². The molecular weight excluding hydrogens is 415 g/mol. The van der Waals surface area contributed by atoms with Crippen LogP contribution < -0.4 is 0 Å². The van der Waals surface area contributed by atoms with E-state index in [-0.39, 0.29) is 6.73 Å². The molecule has 0 spiro atoms. The first-order valence-electron chi connectivity index (χ1n) is 7.61. The predicted molar refractivity (Wildman–Crippen MR) is 106 cm³/mol. The van der Waals surface area contributed by atoms with Crippen molar-refractivity contribution >= 4 is 31.7 Å². The number of rotatable bonds is 8. The molecule has 0 heterocycles. The zero-order valence-electron chi connectivity index (χ0n) is 15.0. The summed E-state index contributed by atoms with van der Waals surface area (Å²) < 4.78 is 45.2. The smallest absolute Gasteiger partial charge is 0.360 e. The van der Waals surface area contributed by atoms with E-state index in [2.05, 4.69) is 41.3 Å². The average molecular weight is 440 g/mol. The largest absolute Gasteiger partial charge is 0.413 e. The van der Waals surface area contributed by atoms with Crippen LogP contribution in [0.15, 0.2) is 47.1 Å². The van der Waals surface area contributed by atoms with Gasteiger partial charge in [0.15, 0.2) is 0 Å². The standard InChI is InChI=1S/C18H25BrF3NOS/c1-14(18(20,21)22)12-23(13-24-10-11-25(3,4)5)15(2)16-6-8-17(19)9-7-16/h6-9,12H,2,10-11,13H2,1,3-5H3/b14-12+. The van der Waals surface area contributed by atoms with E-state index in [4.69, 9.17) is 4.74 Å². The van der Waals surface area contributed by atoms with Crippen LogP contribution >= 0.6 is 26.0 Å². The Labute approximate surface area is 158 Å². The normalized spacial score (nSPS) is 13.7. The highest BCUT2D eigenvalue weighted by atomic mass is 79.9. The summed E-state index contributed by atoms with van der Waals surface area (Å²) in [6.07, 6.45) is 3.18. The molecule has 7 heteroatoms. The number of nitrogens with zero attached hydrogens (tertiary/aromatic N) is 1. The molecule has 0 saturated heterocycles. The van der Waals surface area contributed by atoms with Gasteiger partial charge in [0.1, 0.15) is 6.73 Å². The number of benzene rings is 1. The van der Waals surface area contributed by atoms with Crippen LogP contribution in [-0.2, 0) is 4.74 Å². The molecule has 0 saturated carbocycles. The fraction of sp³-hybridized carbons (Fsp3) is 0.444. The number of ether oxygens (including phenoxy) is 1. The zero-order chi connectivity index (χ0) is 19.3. The highest BCUT2D eigenvalue weighted by Gasteiger charge is 2.30. The van der Waals surface area contributed by atoms with Crippen LogP contribution in [0.5, 0.6) is 0 Å². The molecule has 0 aromatic heterocycles. The second-order valence-corrected chi connectivity index (χ2v) is 12.1. The van der Waals surface area contributed by atoms with E-state index in [9.17, 15) is 13.2 Å². The molecule has 0 aliphatic heterocycles. The van der Waals surface area contributed by atoms with E-state index in [1.54, 1.807) is 12.1 Å². The summed E-state index contributed by atoms with van der Waals surface area (Å²) in [4.78, 5) is 1.41. The predicted octanol–water partition coefficient (Wildman–Crippen LogP) is 5.86. The van der Waals surface area contributed by atoms with Crippen molar-refractivity contribution in [3.05, 3.63) is 52.7 Å². The molecule has 1 aromatic carbocycles. The van der Waals surface area contributed by atoms with Crippen molar-refractivity contribution in [1.82, 2.24) is 4.90 Å². The van der Waals surface area contributed by atoms with Crippen molar-refractivity contribution in [2.45, 2.75) is 13.1 Å². The van der Waals surface area contributed by atoms with Gasteiger partial charge < -0.3 is 9.64 Å². The minimum Gasteiger partial charge on any atom is -0.360 e. The van der Waals surface area contributed by atoms with Crippen LogP contribution in [0.25, 0.3) is 5.70 Å². The molecule has 0 unspecified atom stereocenters. The first-order valence-corrected chi connectivity index (χ1v) is 11.4. The SMILES string of the molecule is C=C(c1ccc(Br)cc1)N(/C=C(\C)C(F)(F)F)COCCS(C)(C)C. The van der Waals surface area contributed by atoms with Gasteiger partial charge in [-0.2, -0.15) is 13.2 Å². The molecule has 0 atom stereocenters. The average Bonchev–Trinajstić information content (AvgIpc) is 2.48. The van der Waals surface area contributed by atoms with Gasteiger partial charge in [0.05, 0.1) is 6.61 Å². The van der Waals surface area contributed by atoms with Crippen molar-refractivity contribution in [2.75, 3.05) is 37.9 Å². The summed E-state index contributed by atoms with van der Waals surface area (Å²) in [5.74, 6) is 0.896. The van der Waals surface area contributed by atoms with Gasteiger partial charge >= 0.3 is 6.18 Å². The first-order chi connectivity index (χ1) is 11.4. The van der Waals surface area contributed by atoms with Crippen LogP contribution in [0.4, 0.5) is 13.2 Å². The quantitative estimate of drug-likeness (QED) is 0.371. The number of allylic oxidation sites excluding steroid dienone is 1. The third-order valence-corrected chi connectivity index (χ3v) is 5.31. The fourth-order valence-electron chi connectivity index (χ4n) is 1.78. The molecule has 142 valence electrons. The van der Waals surface area contributed by atoms with Crippen molar-refractivity contribution in [1.29, 1.82) is 0 Å². The zero-order valence-corrected chi connectivity index (χ0v) is 17.4. The Morgan fingerprint density at radius 3 is 2.28 bits per heavy atom. The topological polar surface area (TPSA) is 12.5 Å². The third kappa shape index (κ3) is 8.33. The maximum atomic E-state index is 12.9. The van der Waals surface area contributed by atoms with E-state index in [0.717, 1.165) is 28.9 Å². The molecule has 1 rings (SSSR count). The van der Waals surface area contributed by atoms with E-state index >= 15 is 0 Å². The molecule has 25 heavy (non-hydrogen) atoms. The van der Waals surface area contributed by atoms with Gasteiger partial charge in [0.2, 0.25) is 0 Å². The van der Waals surface area contributed by atoms with Gasteiger partial charge in [-0.3, -0.25) is 0 Å². The molecule has 1 aromatic rings. The van der Waals surface area contributed by atoms with Gasteiger partial charge in [-0.15, -0.1) is 0 Å². The van der Waals surface area contributed by atoms with E-state index in [0.29, 0.717) is 12.3 Å². The number of hydrogen-bond donors (Lipinski definition) is 0. The van der Waals surface area contributed by atoms with E-state index in [1.807, 2.05) is 12.1 Å². The molecule has 0 radical (unpaired) electrons. The van der Waals surface area contributed by atoms with Gasteiger partial charge in [-0.05, 0) is 43.4 Å². The maximum absolute atomic E-state index is 12.9. The second-order valence-electron chi connectivity index (χ2n) is 6.57. The van der Waals surface area contributed by atoms with Crippen LogP contribution in [0.1, 0.15) is 12.5 Å². The van der Waals surface area contributed by atoms with Crippen molar-refractivity contribution < 1.29 is 17.9 Å². The van der Waals surface area contributed by atoms with Gasteiger partial charge in [-0.25, -0.2) is 10.0 Å². The second kappa shape index (κ2) is 9.14. The highest BCUT2D eigenvalue weighted by molar-refractivity contribution is 9.10. The lowest BCUT2D eigenvalue weighted by Crippen LogP contribution is -2.23. The van der Waals surface area contributed by atoms with Crippen molar-refractivity contribution in [2.24, 2.45) is 0 Å². The highest BCUT2D eigenvalue weighted by Crippen LogP contribution is 2.33. The minimum atomic E-state index is -4.38. The monoisotopic (exact) mass is 439 g/mol. The lowest BCUT2D eigenvalue weighted by Gasteiger charge is -2.27. The summed E-state index contributed by atoms with van der Waals surface area (Å²) >= 11 is 3.34. The van der Waals surface area contributed by atoms with Crippen molar-refractivity contribution in [3.8, 4) is 0 Å². The molecule has 0 N–H and O–H groups in total. The Balaban J connectivity index is 2.91. The Morgan fingerprint density at radius 2 is 1.80 bits per heavy atom. The molecule has 0 fully saturated rings. The molecular formula is C18H25BrF3NOS. The summed E-state index contributed by atoms with van der Waals surface area (Å²) in [5.41, 5.74) is 0.495. The maximum Gasteiger partial charge on any atom is 0.413 e. The summed E-state index contributed by atoms with van der Waals surface area (Å²) in [6, 6.07) is 7.25.